The van der Waals surface area contributed by atoms with E-state index in [0.29, 0.717) is 22.9 Å². The quantitative estimate of drug-likeness (QED) is 0.915. The van der Waals surface area contributed by atoms with Crippen LogP contribution in [-0.4, -0.2) is 34.7 Å². The van der Waals surface area contributed by atoms with Crippen molar-refractivity contribution in [1.82, 2.24) is 9.78 Å². The van der Waals surface area contributed by atoms with E-state index in [4.69, 9.17) is 14.2 Å². The van der Waals surface area contributed by atoms with E-state index >= 15 is 0 Å². The van der Waals surface area contributed by atoms with Gasteiger partial charge in [-0.25, -0.2) is 0 Å². The van der Waals surface area contributed by atoms with Crippen molar-refractivity contribution in [3.8, 4) is 17.2 Å². The van der Waals surface area contributed by atoms with Crippen LogP contribution in [0.3, 0.4) is 0 Å². The lowest BCUT2D eigenvalue weighted by atomic mass is 10.1. The molecular weight excluding hydrogens is 260 g/mol. The van der Waals surface area contributed by atoms with Crippen LogP contribution in [0.15, 0.2) is 30.5 Å². The predicted molar refractivity (Wildman–Crippen MR) is 71.1 cm³/mol. The molecule has 0 spiro atoms. The number of hydrogen-bond acceptors (Lipinski definition) is 5. The summed E-state index contributed by atoms with van der Waals surface area (Å²) < 4.78 is 18.2. The van der Waals surface area contributed by atoms with Crippen LogP contribution in [0.1, 0.15) is 11.8 Å². The van der Waals surface area contributed by atoms with Gasteiger partial charge in [-0.15, -0.1) is 0 Å². The second-order valence-electron chi connectivity index (χ2n) is 4.58. The number of aliphatic hydroxyl groups excluding tert-OH is 1. The summed E-state index contributed by atoms with van der Waals surface area (Å²) in [6.45, 7) is 0.270. The lowest BCUT2D eigenvalue weighted by Crippen LogP contribution is -2.35. The van der Waals surface area contributed by atoms with Crippen molar-refractivity contribution in [2.45, 2.75) is 12.2 Å². The molecule has 1 aromatic carbocycles. The van der Waals surface area contributed by atoms with Crippen molar-refractivity contribution in [3.63, 3.8) is 0 Å². The SMILES string of the molecule is COc1cnn(C)c1C(O)C1COc2ccccc2O1. The maximum Gasteiger partial charge on any atom is 0.164 e. The smallest absolute Gasteiger partial charge is 0.164 e. The van der Waals surface area contributed by atoms with Gasteiger partial charge in [0.2, 0.25) is 0 Å². The van der Waals surface area contributed by atoms with E-state index in [0.717, 1.165) is 0 Å². The van der Waals surface area contributed by atoms with E-state index in [2.05, 4.69) is 5.10 Å². The Bertz CT molecular complexity index is 611. The minimum atomic E-state index is -0.884. The van der Waals surface area contributed by atoms with Crippen LogP contribution in [0.2, 0.25) is 0 Å². The molecule has 1 aliphatic rings. The average Bonchev–Trinajstić information content (AvgIpc) is 2.87. The van der Waals surface area contributed by atoms with Crippen LogP contribution < -0.4 is 14.2 Å². The molecule has 2 unspecified atom stereocenters. The van der Waals surface area contributed by atoms with Crippen molar-refractivity contribution >= 4 is 0 Å². The molecule has 1 N–H and O–H groups in total. The summed E-state index contributed by atoms with van der Waals surface area (Å²) >= 11 is 0. The Kier molecular flexibility index (Phi) is 3.23. The van der Waals surface area contributed by atoms with Gasteiger partial charge in [-0.05, 0) is 12.1 Å². The number of fused-ring (bicyclic) bond motifs is 1. The van der Waals surface area contributed by atoms with Gasteiger partial charge in [-0.3, -0.25) is 4.68 Å². The molecule has 6 nitrogen and oxygen atoms in total. The topological polar surface area (TPSA) is 65.7 Å². The normalized spacial score (nSPS) is 18.6. The third-order valence-corrected chi connectivity index (χ3v) is 3.33. The third-order valence-electron chi connectivity index (χ3n) is 3.33. The molecule has 0 fully saturated rings. The number of hydrogen-bond donors (Lipinski definition) is 1. The van der Waals surface area contributed by atoms with Crippen LogP contribution in [-0.2, 0) is 7.05 Å². The van der Waals surface area contributed by atoms with Gasteiger partial charge >= 0.3 is 0 Å². The zero-order chi connectivity index (χ0) is 14.1. The lowest BCUT2D eigenvalue weighted by molar-refractivity contribution is -0.0158. The summed E-state index contributed by atoms with van der Waals surface area (Å²) in [6.07, 6.45) is 0.177. The average molecular weight is 276 g/mol. The highest BCUT2D eigenvalue weighted by Crippen LogP contribution is 2.36. The molecule has 1 aliphatic heterocycles. The number of aromatic nitrogens is 2. The zero-order valence-corrected chi connectivity index (χ0v) is 11.3. The fourth-order valence-electron chi connectivity index (χ4n) is 2.29. The molecule has 0 radical (unpaired) electrons. The third kappa shape index (κ3) is 2.08. The molecule has 0 aliphatic carbocycles. The van der Waals surface area contributed by atoms with Gasteiger partial charge in [0.15, 0.2) is 23.4 Å². The summed E-state index contributed by atoms with van der Waals surface area (Å²) in [5.41, 5.74) is 0.570. The van der Waals surface area contributed by atoms with Crippen molar-refractivity contribution < 1.29 is 19.3 Å². The number of benzene rings is 1. The van der Waals surface area contributed by atoms with Crippen molar-refractivity contribution in [3.05, 3.63) is 36.2 Å². The number of nitrogens with zero attached hydrogens (tertiary/aromatic N) is 2. The molecule has 20 heavy (non-hydrogen) atoms. The molecular formula is C14H16N2O4. The highest BCUT2D eigenvalue weighted by Gasteiger charge is 2.32. The molecule has 0 amide bonds. The monoisotopic (exact) mass is 276 g/mol. The Morgan fingerprint density at radius 3 is 2.90 bits per heavy atom. The lowest BCUT2D eigenvalue weighted by Gasteiger charge is -2.29. The van der Waals surface area contributed by atoms with Gasteiger partial charge < -0.3 is 19.3 Å². The van der Waals surface area contributed by atoms with E-state index in [1.807, 2.05) is 24.3 Å². The van der Waals surface area contributed by atoms with Crippen LogP contribution in [0.4, 0.5) is 0 Å². The van der Waals surface area contributed by atoms with E-state index in [-0.39, 0.29) is 6.61 Å². The largest absolute Gasteiger partial charge is 0.493 e. The van der Waals surface area contributed by atoms with Gasteiger partial charge in [0.05, 0.1) is 13.3 Å². The van der Waals surface area contributed by atoms with Gasteiger partial charge in [0.25, 0.3) is 0 Å². The van der Waals surface area contributed by atoms with E-state index < -0.39 is 12.2 Å². The van der Waals surface area contributed by atoms with Crippen molar-refractivity contribution in [2.75, 3.05) is 13.7 Å². The number of methoxy groups -OCH3 is 1. The minimum absolute atomic E-state index is 0.270. The first-order valence-electron chi connectivity index (χ1n) is 6.33. The maximum atomic E-state index is 10.5. The number of aryl methyl sites for hydroxylation is 1. The number of aliphatic hydroxyl groups is 1. The molecule has 0 saturated heterocycles. The standard InChI is InChI=1S/C14H16N2O4/c1-16-13(11(18-2)7-15-16)14(17)12-8-19-9-5-3-4-6-10(9)20-12/h3-7,12,14,17H,8H2,1-2H3. The molecule has 1 aromatic heterocycles. The zero-order valence-electron chi connectivity index (χ0n) is 11.3. The van der Waals surface area contributed by atoms with E-state index in [1.54, 1.807) is 25.0 Å². The molecule has 2 aromatic rings. The molecule has 2 atom stereocenters. The molecule has 2 heterocycles. The Hall–Kier alpha value is -2.21. The van der Waals surface area contributed by atoms with Crippen LogP contribution >= 0.6 is 0 Å². The Labute approximate surface area is 116 Å². The van der Waals surface area contributed by atoms with E-state index in [9.17, 15) is 5.11 Å². The van der Waals surface area contributed by atoms with Crippen LogP contribution in [0.5, 0.6) is 17.2 Å². The minimum Gasteiger partial charge on any atom is -0.493 e. The second kappa shape index (κ2) is 5.05. The Morgan fingerprint density at radius 1 is 1.40 bits per heavy atom. The van der Waals surface area contributed by atoms with Gasteiger partial charge in [0.1, 0.15) is 18.4 Å². The number of rotatable bonds is 3. The second-order valence-corrected chi connectivity index (χ2v) is 4.58. The van der Waals surface area contributed by atoms with Gasteiger partial charge in [-0.1, -0.05) is 12.1 Å². The van der Waals surface area contributed by atoms with Crippen LogP contribution in [0, 0.1) is 0 Å². The Balaban J connectivity index is 1.85. The first-order chi connectivity index (χ1) is 9.70. The summed E-state index contributed by atoms with van der Waals surface area (Å²) in [7, 11) is 3.29. The summed E-state index contributed by atoms with van der Waals surface area (Å²) in [5, 5.41) is 14.6. The highest BCUT2D eigenvalue weighted by molar-refractivity contribution is 5.41. The van der Waals surface area contributed by atoms with Gasteiger partial charge in [0, 0.05) is 7.05 Å². The van der Waals surface area contributed by atoms with Gasteiger partial charge in [-0.2, -0.15) is 5.10 Å². The maximum absolute atomic E-state index is 10.5. The predicted octanol–water partition coefficient (Wildman–Crippen LogP) is 1.30. The number of ether oxygens (including phenoxy) is 3. The first-order valence-corrected chi connectivity index (χ1v) is 6.33. The fourth-order valence-corrected chi connectivity index (χ4v) is 2.29. The summed E-state index contributed by atoms with van der Waals surface area (Å²) in [4.78, 5) is 0. The summed E-state index contributed by atoms with van der Waals surface area (Å²) in [6, 6.07) is 7.39. The number of para-hydroxylation sites is 2. The van der Waals surface area contributed by atoms with E-state index in [1.165, 1.54) is 0 Å². The Morgan fingerprint density at radius 2 is 2.15 bits per heavy atom. The molecule has 6 heteroatoms. The fraction of sp³-hybridized carbons (Fsp3) is 0.357. The highest BCUT2D eigenvalue weighted by atomic mass is 16.6. The van der Waals surface area contributed by atoms with Crippen LogP contribution in [0.25, 0.3) is 0 Å². The summed E-state index contributed by atoms with van der Waals surface area (Å²) in [5.74, 6) is 1.85. The molecule has 3 rings (SSSR count). The van der Waals surface area contributed by atoms with Crippen molar-refractivity contribution in [2.24, 2.45) is 7.05 Å². The van der Waals surface area contributed by atoms with Crippen molar-refractivity contribution in [1.29, 1.82) is 0 Å². The molecule has 0 saturated carbocycles. The first kappa shape index (κ1) is 12.8. The molecule has 106 valence electrons. The molecule has 0 bridgehead atoms.